The molecule has 0 aliphatic heterocycles. The Bertz CT molecular complexity index is 445. The summed E-state index contributed by atoms with van der Waals surface area (Å²) >= 11 is 0. The van der Waals surface area contributed by atoms with Crippen LogP contribution >= 0.6 is 0 Å². The van der Waals surface area contributed by atoms with Gasteiger partial charge in [0.25, 0.3) is 0 Å². The van der Waals surface area contributed by atoms with Gasteiger partial charge >= 0.3 is 49.6 Å². The molecule has 0 radical (unpaired) electrons. The largest absolute Gasteiger partial charge is 1.00 e. The van der Waals surface area contributed by atoms with Crippen LogP contribution in [0.4, 0.5) is 17.6 Å². The van der Waals surface area contributed by atoms with Crippen molar-refractivity contribution in [2.24, 2.45) is 0 Å². The van der Waals surface area contributed by atoms with Crippen molar-refractivity contribution in [3.05, 3.63) is 0 Å². The van der Waals surface area contributed by atoms with Gasteiger partial charge in [-0.15, -0.1) is 0 Å². The van der Waals surface area contributed by atoms with E-state index < -0.39 is 45.9 Å². The molecule has 110 valence electrons. The summed E-state index contributed by atoms with van der Waals surface area (Å²) in [6, 6.07) is 0. The van der Waals surface area contributed by atoms with E-state index in [9.17, 15) is 43.5 Å². The second-order valence-corrected chi connectivity index (χ2v) is 4.85. The summed E-state index contributed by atoms with van der Waals surface area (Å²) in [5, 5.41) is 0. The first kappa shape index (κ1) is 25.6. The standard InChI is InChI=1S/C4H6F4O8S2.2Li/c5-3(6,1-15-17(9,10)11)4(7,8)2-16-18(12,13)14;;/h1-2H2,(H,9,10,11)(H,12,13,14);;/q;2*+1/p-2. The van der Waals surface area contributed by atoms with Crippen LogP contribution < -0.4 is 37.7 Å². The molecular formula is C4H4F4Li2O8S2. The predicted octanol–water partition coefficient (Wildman–Crippen LogP) is -6.78. The van der Waals surface area contributed by atoms with E-state index in [1.54, 1.807) is 0 Å². The van der Waals surface area contributed by atoms with E-state index in [4.69, 9.17) is 0 Å². The average Bonchev–Trinajstić information content (AvgIpc) is 2.10. The zero-order chi connectivity index (χ0) is 14.8. The van der Waals surface area contributed by atoms with Crippen molar-refractivity contribution in [1.82, 2.24) is 0 Å². The van der Waals surface area contributed by atoms with Crippen LogP contribution in [0.15, 0.2) is 0 Å². The predicted molar refractivity (Wildman–Crippen MR) is 41.2 cm³/mol. The summed E-state index contributed by atoms with van der Waals surface area (Å²) in [4.78, 5) is 0. The van der Waals surface area contributed by atoms with Crippen LogP contribution in [0.5, 0.6) is 0 Å². The van der Waals surface area contributed by atoms with Crippen LogP contribution in [0.2, 0.25) is 0 Å². The molecule has 0 unspecified atom stereocenters. The van der Waals surface area contributed by atoms with Gasteiger partial charge in [0.1, 0.15) is 13.2 Å². The fourth-order valence-corrected chi connectivity index (χ4v) is 1.09. The molecule has 0 saturated carbocycles. The molecule has 0 N–H and O–H groups in total. The van der Waals surface area contributed by atoms with Crippen molar-refractivity contribution >= 4 is 20.8 Å². The van der Waals surface area contributed by atoms with Crippen molar-refractivity contribution in [2.75, 3.05) is 13.2 Å². The zero-order valence-electron chi connectivity index (χ0n) is 10.0. The molecule has 0 fully saturated rings. The average molecular weight is 334 g/mol. The Balaban J connectivity index is -0.00000144. The molecular weight excluding hydrogens is 330 g/mol. The summed E-state index contributed by atoms with van der Waals surface area (Å²) in [5.74, 6) is -10.5. The summed E-state index contributed by atoms with van der Waals surface area (Å²) in [7, 11) is -11.3. The van der Waals surface area contributed by atoms with Gasteiger partial charge in [0.2, 0.25) is 20.8 Å². The smallest absolute Gasteiger partial charge is 0.726 e. The summed E-state index contributed by atoms with van der Waals surface area (Å²) in [6.07, 6.45) is 0. The minimum absolute atomic E-state index is 0. The minimum atomic E-state index is -5.65. The Morgan fingerprint density at radius 1 is 0.750 bits per heavy atom. The second kappa shape index (κ2) is 8.33. The molecule has 0 heterocycles. The van der Waals surface area contributed by atoms with Gasteiger partial charge in [0.15, 0.2) is 0 Å². The van der Waals surface area contributed by atoms with Gasteiger partial charge in [0.05, 0.1) is 0 Å². The normalized spacial score (nSPS) is 13.3. The maximum Gasteiger partial charge on any atom is 1.00 e. The van der Waals surface area contributed by atoms with E-state index >= 15 is 0 Å². The van der Waals surface area contributed by atoms with E-state index in [2.05, 4.69) is 8.37 Å². The monoisotopic (exact) mass is 334 g/mol. The van der Waals surface area contributed by atoms with E-state index in [0.717, 1.165) is 0 Å². The fourth-order valence-electron chi connectivity index (χ4n) is 0.504. The zero-order valence-corrected chi connectivity index (χ0v) is 11.6. The Kier molecular flexibility index (Phi) is 10.7. The summed E-state index contributed by atoms with van der Waals surface area (Å²) in [6.45, 7) is -5.07. The van der Waals surface area contributed by atoms with Gasteiger partial charge < -0.3 is 9.11 Å². The quantitative estimate of drug-likeness (QED) is 0.194. The topological polar surface area (TPSA) is 133 Å². The molecule has 20 heavy (non-hydrogen) atoms. The van der Waals surface area contributed by atoms with Gasteiger partial charge in [0, 0.05) is 0 Å². The number of halogens is 4. The molecule has 0 amide bonds. The second-order valence-electron chi connectivity index (χ2n) is 2.75. The third-order valence-corrected chi connectivity index (χ3v) is 2.12. The molecule has 0 rings (SSSR count). The number of hydrogen-bond acceptors (Lipinski definition) is 8. The van der Waals surface area contributed by atoms with Gasteiger partial charge in [-0.05, 0) is 0 Å². The number of rotatable bonds is 7. The molecule has 0 saturated heterocycles. The van der Waals surface area contributed by atoms with Crippen LogP contribution in [0.25, 0.3) is 0 Å². The SMILES string of the molecule is O=S(=O)([O-])OCC(F)(F)C(F)(F)COS(=O)(=O)[O-].[Li+].[Li+]. The van der Waals surface area contributed by atoms with Gasteiger partial charge in [-0.3, -0.25) is 8.37 Å². The van der Waals surface area contributed by atoms with Crippen molar-refractivity contribution in [2.45, 2.75) is 11.8 Å². The first-order valence-corrected chi connectivity index (χ1v) is 6.29. The Hall–Kier alpha value is 0.655. The molecule has 0 aromatic carbocycles. The molecule has 0 aliphatic carbocycles. The summed E-state index contributed by atoms with van der Waals surface area (Å²) in [5.41, 5.74) is 0. The van der Waals surface area contributed by atoms with Crippen molar-refractivity contribution in [1.29, 1.82) is 0 Å². The Morgan fingerprint density at radius 2 is 0.950 bits per heavy atom. The first-order chi connectivity index (χ1) is 7.66. The van der Waals surface area contributed by atoms with Crippen LogP contribution in [0.3, 0.4) is 0 Å². The molecule has 0 bridgehead atoms. The number of hydrogen-bond donors (Lipinski definition) is 0. The van der Waals surface area contributed by atoms with Crippen molar-refractivity contribution in [3.63, 3.8) is 0 Å². The van der Waals surface area contributed by atoms with Gasteiger partial charge in [-0.1, -0.05) is 0 Å². The van der Waals surface area contributed by atoms with Crippen LogP contribution in [0.1, 0.15) is 0 Å². The van der Waals surface area contributed by atoms with Gasteiger partial charge in [-0.25, -0.2) is 16.8 Å². The van der Waals surface area contributed by atoms with Crippen molar-refractivity contribution in [3.8, 4) is 0 Å². The minimum Gasteiger partial charge on any atom is -0.726 e. The number of alkyl halides is 4. The van der Waals surface area contributed by atoms with Crippen LogP contribution in [0, 0.1) is 0 Å². The Labute approximate surface area is 135 Å². The first-order valence-electron chi connectivity index (χ1n) is 3.62. The van der Waals surface area contributed by atoms with E-state index in [0.29, 0.717) is 0 Å². The van der Waals surface area contributed by atoms with E-state index in [1.807, 2.05) is 0 Å². The molecule has 0 spiro atoms. The molecule has 8 nitrogen and oxygen atoms in total. The third-order valence-electron chi connectivity index (χ3n) is 1.30. The third kappa shape index (κ3) is 10.4. The Morgan fingerprint density at radius 3 is 1.10 bits per heavy atom. The molecule has 0 aromatic rings. The molecule has 0 atom stereocenters. The molecule has 0 aromatic heterocycles. The molecule has 0 aliphatic rings. The molecule has 16 heteroatoms. The van der Waals surface area contributed by atoms with E-state index in [-0.39, 0.29) is 37.7 Å². The van der Waals surface area contributed by atoms with Crippen LogP contribution in [-0.2, 0) is 29.2 Å². The maximum absolute atomic E-state index is 12.7. The van der Waals surface area contributed by atoms with Crippen molar-refractivity contribution < 1.29 is 89.6 Å². The van der Waals surface area contributed by atoms with E-state index in [1.165, 1.54) is 0 Å². The fraction of sp³-hybridized carbons (Fsp3) is 1.00. The maximum atomic E-state index is 12.7. The van der Waals surface area contributed by atoms with Gasteiger partial charge in [-0.2, -0.15) is 17.6 Å². The van der Waals surface area contributed by atoms with Crippen LogP contribution in [-0.4, -0.2) is 51.0 Å². The summed E-state index contributed by atoms with van der Waals surface area (Å²) < 4.78 is 115.